The van der Waals surface area contributed by atoms with Gasteiger partial charge in [0.2, 0.25) is 0 Å². The lowest BCUT2D eigenvalue weighted by Gasteiger charge is -2.21. The lowest BCUT2D eigenvalue weighted by atomic mass is 10.1. The summed E-state index contributed by atoms with van der Waals surface area (Å²) in [4.78, 5) is 11.7. The highest BCUT2D eigenvalue weighted by atomic mass is 16.5. The molecule has 1 aromatic rings. The van der Waals surface area contributed by atoms with Gasteiger partial charge in [0.05, 0.1) is 7.11 Å². The van der Waals surface area contributed by atoms with Crippen LogP contribution in [0.4, 0.5) is 0 Å². The Hall–Kier alpha value is -1.35. The van der Waals surface area contributed by atoms with Crippen molar-refractivity contribution in [3.8, 4) is 0 Å². The molecule has 2 atom stereocenters. The van der Waals surface area contributed by atoms with Gasteiger partial charge < -0.3 is 10.1 Å². The lowest BCUT2D eigenvalue weighted by Crippen LogP contribution is -2.45. The van der Waals surface area contributed by atoms with Crippen molar-refractivity contribution in [2.45, 2.75) is 38.3 Å². The number of carbonyl (C=O) groups is 1. The van der Waals surface area contributed by atoms with Crippen molar-refractivity contribution in [2.24, 2.45) is 5.92 Å². The molecule has 3 heteroatoms. The van der Waals surface area contributed by atoms with Crippen molar-refractivity contribution in [3.05, 3.63) is 35.9 Å². The van der Waals surface area contributed by atoms with Crippen molar-refractivity contribution in [2.75, 3.05) is 7.11 Å². The molecule has 1 fully saturated rings. The molecular weight excluding hydrogens is 226 g/mol. The van der Waals surface area contributed by atoms with Crippen LogP contribution < -0.4 is 5.32 Å². The van der Waals surface area contributed by atoms with E-state index in [0.717, 1.165) is 19.3 Å². The summed E-state index contributed by atoms with van der Waals surface area (Å²) in [6.45, 7) is 2.12. The third kappa shape index (κ3) is 3.57. The lowest BCUT2D eigenvalue weighted by molar-refractivity contribution is -0.143. The molecule has 1 aliphatic rings. The zero-order valence-electron chi connectivity index (χ0n) is 11.1. The summed E-state index contributed by atoms with van der Waals surface area (Å²) in [6.07, 6.45) is 3.19. The number of ether oxygens (including phenoxy) is 1. The van der Waals surface area contributed by atoms with E-state index in [1.54, 1.807) is 0 Å². The third-order valence-corrected chi connectivity index (χ3v) is 3.40. The van der Waals surface area contributed by atoms with Crippen LogP contribution in [0.5, 0.6) is 0 Å². The van der Waals surface area contributed by atoms with E-state index in [4.69, 9.17) is 4.74 Å². The maximum atomic E-state index is 11.7. The smallest absolute Gasteiger partial charge is 0.323 e. The zero-order chi connectivity index (χ0) is 13.0. The number of methoxy groups -OCH3 is 1. The standard InChI is InChI=1S/C15H21NO2/c1-11(10-12-6-4-3-5-7-12)16-14(13-8-9-13)15(17)18-2/h3-7,11,13-14,16H,8-10H2,1-2H3. The number of rotatable bonds is 6. The summed E-state index contributed by atoms with van der Waals surface area (Å²) < 4.78 is 4.86. The van der Waals surface area contributed by atoms with E-state index in [9.17, 15) is 4.79 Å². The van der Waals surface area contributed by atoms with Crippen LogP contribution in [0.25, 0.3) is 0 Å². The number of nitrogens with one attached hydrogen (secondary N) is 1. The first kappa shape index (κ1) is 13.1. The van der Waals surface area contributed by atoms with E-state index in [1.165, 1.54) is 12.7 Å². The van der Waals surface area contributed by atoms with Crippen molar-refractivity contribution < 1.29 is 9.53 Å². The highest BCUT2D eigenvalue weighted by Crippen LogP contribution is 2.33. The Bertz CT molecular complexity index is 387. The van der Waals surface area contributed by atoms with Gasteiger partial charge in [0.25, 0.3) is 0 Å². The molecule has 1 saturated carbocycles. The van der Waals surface area contributed by atoms with Gasteiger partial charge in [-0.25, -0.2) is 0 Å². The van der Waals surface area contributed by atoms with Gasteiger partial charge in [-0.05, 0) is 37.7 Å². The molecule has 2 unspecified atom stereocenters. The van der Waals surface area contributed by atoms with Gasteiger partial charge in [0.1, 0.15) is 6.04 Å². The van der Waals surface area contributed by atoms with Crippen molar-refractivity contribution in [1.82, 2.24) is 5.32 Å². The number of carbonyl (C=O) groups excluding carboxylic acids is 1. The second-order valence-corrected chi connectivity index (χ2v) is 5.10. The maximum Gasteiger partial charge on any atom is 0.323 e. The van der Waals surface area contributed by atoms with Crippen LogP contribution in [0.2, 0.25) is 0 Å². The van der Waals surface area contributed by atoms with Crippen LogP contribution in [0.15, 0.2) is 30.3 Å². The number of hydrogen-bond donors (Lipinski definition) is 1. The van der Waals surface area contributed by atoms with Crippen LogP contribution in [-0.2, 0) is 16.0 Å². The molecule has 98 valence electrons. The average molecular weight is 247 g/mol. The van der Waals surface area contributed by atoms with E-state index in [2.05, 4.69) is 24.4 Å². The summed E-state index contributed by atoms with van der Waals surface area (Å²) in [5.41, 5.74) is 1.29. The van der Waals surface area contributed by atoms with Crippen LogP contribution in [0, 0.1) is 5.92 Å². The summed E-state index contributed by atoms with van der Waals surface area (Å²) in [5.74, 6) is 0.341. The van der Waals surface area contributed by atoms with Gasteiger partial charge in [-0.1, -0.05) is 30.3 Å². The number of esters is 1. The average Bonchev–Trinajstić information content (AvgIpc) is 3.20. The van der Waals surface area contributed by atoms with Crippen LogP contribution in [0.1, 0.15) is 25.3 Å². The van der Waals surface area contributed by atoms with Crippen molar-refractivity contribution in [3.63, 3.8) is 0 Å². The first-order valence-electron chi connectivity index (χ1n) is 6.58. The molecule has 0 spiro atoms. The van der Waals surface area contributed by atoms with E-state index in [0.29, 0.717) is 5.92 Å². The predicted octanol–water partition coefficient (Wildman–Crippen LogP) is 2.16. The Kier molecular flexibility index (Phi) is 4.37. The fraction of sp³-hybridized carbons (Fsp3) is 0.533. The van der Waals surface area contributed by atoms with Crippen LogP contribution >= 0.6 is 0 Å². The highest BCUT2D eigenvalue weighted by molar-refractivity contribution is 5.76. The Balaban J connectivity index is 1.89. The van der Waals surface area contributed by atoms with Gasteiger partial charge in [0, 0.05) is 6.04 Å². The molecule has 2 rings (SSSR count). The highest BCUT2D eigenvalue weighted by Gasteiger charge is 2.37. The second kappa shape index (κ2) is 6.01. The first-order valence-corrected chi connectivity index (χ1v) is 6.58. The molecule has 0 heterocycles. The normalized spacial score (nSPS) is 18.1. The van der Waals surface area contributed by atoms with Gasteiger partial charge in [-0.3, -0.25) is 4.79 Å². The van der Waals surface area contributed by atoms with Gasteiger partial charge >= 0.3 is 5.97 Å². The topological polar surface area (TPSA) is 38.3 Å². The molecule has 3 nitrogen and oxygen atoms in total. The van der Waals surface area contributed by atoms with E-state index in [1.807, 2.05) is 18.2 Å². The number of benzene rings is 1. The summed E-state index contributed by atoms with van der Waals surface area (Å²) in [5, 5.41) is 3.40. The van der Waals surface area contributed by atoms with Crippen molar-refractivity contribution >= 4 is 5.97 Å². The van der Waals surface area contributed by atoms with Gasteiger partial charge in [-0.2, -0.15) is 0 Å². The predicted molar refractivity (Wildman–Crippen MR) is 71.3 cm³/mol. The summed E-state index contributed by atoms with van der Waals surface area (Å²) >= 11 is 0. The third-order valence-electron chi connectivity index (χ3n) is 3.40. The van der Waals surface area contributed by atoms with Crippen LogP contribution in [-0.4, -0.2) is 25.2 Å². The molecule has 1 N–H and O–H groups in total. The molecule has 0 bridgehead atoms. The molecule has 1 aliphatic carbocycles. The largest absolute Gasteiger partial charge is 0.468 e. The molecule has 0 aliphatic heterocycles. The minimum Gasteiger partial charge on any atom is -0.468 e. The van der Waals surface area contributed by atoms with Crippen LogP contribution in [0.3, 0.4) is 0 Å². The Morgan fingerprint density at radius 2 is 2.06 bits per heavy atom. The fourth-order valence-corrected chi connectivity index (χ4v) is 2.29. The molecule has 0 saturated heterocycles. The minimum atomic E-state index is -0.131. The SMILES string of the molecule is COC(=O)C(NC(C)Cc1ccccc1)C1CC1. The van der Waals surface area contributed by atoms with Crippen molar-refractivity contribution in [1.29, 1.82) is 0 Å². The fourth-order valence-electron chi connectivity index (χ4n) is 2.29. The Morgan fingerprint density at radius 1 is 1.39 bits per heavy atom. The van der Waals surface area contributed by atoms with Gasteiger partial charge in [0.15, 0.2) is 0 Å². The number of hydrogen-bond acceptors (Lipinski definition) is 3. The molecular formula is C15H21NO2. The van der Waals surface area contributed by atoms with Gasteiger partial charge in [-0.15, -0.1) is 0 Å². The maximum absolute atomic E-state index is 11.7. The van der Waals surface area contributed by atoms with E-state index in [-0.39, 0.29) is 18.1 Å². The quantitative estimate of drug-likeness (QED) is 0.783. The molecule has 0 aromatic heterocycles. The molecule has 0 radical (unpaired) electrons. The Labute approximate surface area is 109 Å². The minimum absolute atomic E-state index is 0.127. The molecule has 18 heavy (non-hydrogen) atoms. The Morgan fingerprint density at radius 3 is 2.61 bits per heavy atom. The zero-order valence-corrected chi connectivity index (χ0v) is 11.1. The molecule has 0 amide bonds. The monoisotopic (exact) mass is 247 g/mol. The van der Waals surface area contributed by atoms with E-state index >= 15 is 0 Å². The summed E-state index contributed by atoms with van der Waals surface area (Å²) in [7, 11) is 1.46. The molecule has 1 aromatic carbocycles. The first-order chi connectivity index (χ1) is 8.70. The summed E-state index contributed by atoms with van der Waals surface area (Å²) in [6, 6.07) is 10.5. The second-order valence-electron chi connectivity index (χ2n) is 5.10. The van der Waals surface area contributed by atoms with E-state index < -0.39 is 0 Å².